The molecular formula is C24H19N5O2S. The van der Waals surface area contributed by atoms with E-state index in [2.05, 4.69) is 25.9 Å². The van der Waals surface area contributed by atoms with Crippen LogP contribution in [0.4, 0.5) is 17.2 Å². The van der Waals surface area contributed by atoms with Gasteiger partial charge >= 0.3 is 0 Å². The van der Waals surface area contributed by atoms with E-state index in [1.807, 2.05) is 60.1 Å². The third-order valence-electron chi connectivity index (χ3n) is 5.20. The van der Waals surface area contributed by atoms with E-state index in [1.165, 1.54) is 17.5 Å². The molecule has 8 heteroatoms. The maximum absolute atomic E-state index is 13.2. The van der Waals surface area contributed by atoms with E-state index < -0.39 is 0 Å². The minimum absolute atomic E-state index is 0.263. The molecule has 0 bridgehead atoms. The van der Waals surface area contributed by atoms with E-state index in [4.69, 9.17) is 0 Å². The van der Waals surface area contributed by atoms with Crippen LogP contribution < -0.4 is 16.0 Å². The van der Waals surface area contributed by atoms with Crippen LogP contribution in [0.15, 0.2) is 72.4 Å². The van der Waals surface area contributed by atoms with Gasteiger partial charge in [0.1, 0.15) is 0 Å². The van der Waals surface area contributed by atoms with Gasteiger partial charge in [0.05, 0.1) is 16.8 Å². The molecule has 0 saturated heterocycles. The number of benzene rings is 2. The number of pyridine rings is 1. The van der Waals surface area contributed by atoms with E-state index in [0.717, 1.165) is 26.7 Å². The van der Waals surface area contributed by atoms with E-state index in [-0.39, 0.29) is 11.8 Å². The van der Waals surface area contributed by atoms with Gasteiger partial charge in [-0.3, -0.25) is 9.59 Å². The van der Waals surface area contributed by atoms with Gasteiger partial charge in [0, 0.05) is 51.5 Å². The zero-order chi connectivity index (χ0) is 22.1. The minimum atomic E-state index is -0.284. The highest BCUT2D eigenvalue weighted by atomic mass is 32.1. The Hall–Kier alpha value is -4.17. The van der Waals surface area contributed by atoms with Crippen LogP contribution in [0.5, 0.6) is 0 Å². The molecule has 3 heterocycles. The molecule has 0 aliphatic carbocycles. The number of H-pyrrole nitrogens is 1. The van der Waals surface area contributed by atoms with Crippen molar-refractivity contribution in [2.75, 3.05) is 17.7 Å². The maximum atomic E-state index is 13.2. The Labute approximate surface area is 187 Å². The number of nitrogens with zero attached hydrogens (tertiary/aromatic N) is 1. The quantitative estimate of drug-likeness (QED) is 0.304. The molecule has 0 aliphatic heterocycles. The number of rotatable bonds is 5. The van der Waals surface area contributed by atoms with Crippen LogP contribution in [-0.2, 0) is 0 Å². The number of carbonyl (C=O) groups excluding carboxylic acids is 2. The second kappa shape index (κ2) is 8.16. The zero-order valence-electron chi connectivity index (χ0n) is 17.1. The van der Waals surface area contributed by atoms with Crippen molar-refractivity contribution in [1.29, 1.82) is 0 Å². The summed E-state index contributed by atoms with van der Waals surface area (Å²) in [7, 11) is 1.55. The highest BCUT2D eigenvalue weighted by molar-refractivity contribution is 7.17. The Bertz CT molecular complexity index is 1470. The monoisotopic (exact) mass is 441 g/mol. The Morgan fingerprint density at radius 2 is 1.84 bits per heavy atom. The number of thiophene rings is 1. The minimum Gasteiger partial charge on any atom is -0.361 e. The summed E-state index contributed by atoms with van der Waals surface area (Å²) in [4.78, 5) is 32.9. The molecule has 5 aromatic rings. The average Bonchev–Trinajstić information content (AvgIpc) is 3.47. The highest BCUT2D eigenvalue weighted by Gasteiger charge is 2.17. The summed E-state index contributed by atoms with van der Waals surface area (Å²) in [5.41, 5.74) is 3.16. The summed E-state index contributed by atoms with van der Waals surface area (Å²) in [6, 6.07) is 17.2. The van der Waals surface area contributed by atoms with Gasteiger partial charge in [-0.05, 0) is 30.3 Å². The van der Waals surface area contributed by atoms with Crippen LogP contribution in [-0.4, -0.2) is 28.8 Å². The van der Waals surface area contributed by atoms with Crippen molar-refractivity contribution in [2.24, 2.45) is 0 Å². The normalized spacial score (nSPS) is 10.9. The number of fused-ring (bicyclic) bond motifs is 2. The summed E-state index contributed by atoms with van der Waals surface area (Å²) < 4.78 is 1.03. The third-order valence-corrected chi connectivity index (χ3v) is 6.16. The van der Waals surface area contributed by atoms with E-state index >= 15 is 0 Å². The Balaban J connectivity index is 1.53. The molecule has 2 aromatic carbocycles. The molecule has 0 atom stereocenters. The van der Waals surface area contributed by atoms with Gasteiger partial charge in [0.25, 0.3) is 11.8 Å². The van der Waals surface area contributed by atoms with E-state index in [0.29, 0.717) is 22.6 Å². The lowest BCUT2D eigenvalue weighted by Gasteiger charge is -2.14. The van der Waals surface area contributed by atoms with Gasteiger partial charge in [0.2, 0.25) is 0 Å². The van der Waals surface area contributed by atoms with Crippen molar-refractivity contribution in [2.45, 2.75) is 0 Å². The fourth-order valence-electron chi connectivity index (χ4n) is 3.59. The molecule has 0 aliphatic rings. The summed E-state index contributed by atoms with van der Waals surface area (Å²) in [5, 5.41) is 12.5. The molecule has 0 saturated carbocycles. The molecule has 0 unspecified atom stereocenters. The number of carbonyl (C=O) groups is 2. The summed E-state index contributed by atoms with van der Waals surface area (Å²) in [5.74, 6) is -0.103. The zero-order valence-corrected chi connectivity index (χ0v) is 17.9. The predicted octanol–water partition coefficient (Wildman–Crippen LogP) is 5.13. The smallest absolute Gasteiger partial charge is 0.257 e. The molecule has 4 N–H and O–H groups in total. The van der Waals surface area contributed by atoms with Crippen LogP contribution in [0.3, 0.4) is 0 Å². The van der Waals surface area contributed by atoms with Crippen LogP contribution in [0.25, 0.3) is 21.0 Å². The van der Waals surface area contributed by atoms with Gasteiger partial charge < -0.3 is 20.9 Å². The van der Waals surface area contributed by atoms with Crippen LogP contribution in [0.2, 0.25) is 0 Å². The molecular weight excluding hydrogens is 422 g/mol. The second-order valence-electron chi connectivity index (χ2n) is 7.17. The molecule has 7 nitrogen and oxygen atoms in total. The first-order valence-electron chi connectivity index (χ1n) is 9.97. The van der Waals surface area contributed by atoms with Crippen LogP contribution in [0.1, 0.15) is 20.7 Å². The Morgan fingerprint density at radius 3 is 2.72 bits per heavy atom. The molecule has 2 amide bonds. The first-order chi connectivity index (χ1) is 15.6. The number of aromatic nitrogens is 2. The maximum Gasteiger partial charge on any atom is 0.257 e. The van der Waals surface area contributed by atoms with Crippen LogP contribution >= 0.6 is 11.3 Å². The standard InChI is InChI=1S/C24H19N5O2S/c1-25-23(30)14-11-20(29-24(31)17-13-32-21-8-3-2-5-15(17)21)22(27-12-14)28-19-7-4-6-18-16(19)9-10-26-18/h2-13,26H,1H3,(H,25,30)(H,27,28)(H,29,31). The molecule has 0 fully saturated rings. The summed E-state index contributed by atoms with van der Waals surface area (Å²) in [6.07, 6.45) is 3.34. The van der Waals surface area contributed by atoms with Crippen molar-refractivity contribution in [3.05, 3.63) is 83.5 Å². The van der Waals surface area contributed by atoms with Gasteiger partial charge in [-0.15, -0.1) is 11.3 Å². The lowest BCUT2D eigenvalue weighted by atomic mass is 10.1. The van der Waals surface area contributed by atoms with Crippen molar-refractivity contribution < 1.29 is 9.59 Å². The molecule has 0 radical (unpaired) electrons. The lowest BCUT2D eigenvalue weighted by Crippen LogP contribution is -2.19. The number of anilines is 3. The van der Waals surface area contributed by atoms with Crippen molar-refractivity contribution >= 4 is 61.3 Å². The first-order valence-corrected chi connectivity index (χ1v) is 10.8. The number of hydrogen-bond acceptors (Lipinski definition) is 5. The van der Waals surface area contributed by atoms with Crippen LogP contribution in [0, 0.1) is 0 Å². The topological polar surface area (TPSA) is 98.9 Å². The molecule has 158 valence electrons. The number of amides is 2. The number of aromatic amines is 1. The Morgan fingerprint density at radius 1 is 0.969 bits per heavy atom. The van der Waals surface area contributed by atoms with Gasteiger partial charge in [-0.1, -0.05) is 24.3 Å². The third kappa shape index (κ3) is 3.57. The van der Waals surface area contributed by atoms with Crippen molar-refractivity contribution in [3.63, 3.8) is 0 Å². The first kappa shape index (κ1) is 19.8. The summed E-state index contributed by atoms with van der Waals surface area (Å²) in [6.45, 7) is 0. The molecule has 3 aromatic heterocycles. The fraction of sp³-hybridized carbons (Fsp3) is 0.0417. The summed E-state index contributed by atoms with van der Waals surface area (Å²) >= 11 is 1.51. The van der Waals surface area contributed by atoms with Crippen molar-refractivity contribution in [3.8, 4) is 0 Å². The Kier molecular flexibility index (Phi) is 5.04. The van der Waals surface area contributed by atoms with E-state index in [1.54, 1.807) is 13.1 Å². The second-order valence-corrected chi connectivity index (χ2v) is 8.08. The highest BCUT2D eigenvalue weighted by Crippen LogP contribution is 2.31. The van der Waals surface area contributed by atoms with Gasteiger partial charge in [-0.25, -0.2) is 4.98 Å². The van der Waals surface area contributed by atoms with Crippen molar-refractivity contribution in [1.82, 2.24) is 15.3 Å². The fourth-order valence-corrected chi connectivity index (χ4v) is 4.53. The van der Waals surface area contributed by atoms with Gasteiger partial charge in [0.15, 0.2) is 5.82 Å². The molecule has 5 rings (SSSR count). The molecule has 0 spiro atoms. The largest absolute Gasteiger partial charge is 0.361 e. The average molecular weight is 442 g/mol. The predicted molar refractivity (Wildman–Crippen MR) is 129 cm³/mol. The lowest BCUT2D eigenvalue weighted by molar-refractivity contribution is 0.0961. The number of nitrogens with one attached hydrogen (secondary N) is 4. The van der Waals surface area contributed by atoms with Gasteiger partial charge in [-0.2, -0.15) is 0 Å². The SMILES string of the molecule is CNC(=O)c1cnc(Nc2cccc3[nH]ccc23)c(NC(=O)c2csc3ccccc23)c1. The van der Waals surface area contributed by atoms with E-state index in [9.17, 15) is 9.59 Å². The number of hydrogen-bond donors (Lipinski definition) is 4. The molecule has 32 heavy (non-hydrogen) atoms.